The van der Waals surface area contributed by atoms with E-state index in [4.69, 9.17) is 9.47 Å². The number of aliphatic hydroxyl groups is 1. The standard InChI is InChI=1S/C21H21F4NO3/c22-17(23)13-1-5-15(6-2-13)19-26-20(16-7-3-14(4-8-16)18(24)25)29-12-21(26,9-10-27)11-28-19/h1-8,17-20,27H,9-12H2/t19-,20+,21-. The predicted octanol–water partition coefficient (Wildman–Crippen LogP) is 4.74. The highest BCUT2D eigenvalue weighted by Gasteiger charge is 2.56. The largest absolute Gasteiger partial charge is 0.396 e. The second-order valence-corrected chi connectivity index (χ2v) is 7.37. The zero-order valence-corrected chi connectivity index (χ0v) is 15.5. The van der Waals surface area contributed by atoms with Gasteiger partial charge in [-0.15, -0.1) is 0 Å². The molecule has 2 saturated heterocycles. The molecule has 2 aromatic rings. The van der Waals surface area contributed by atoms with Crippen molar-refractivity contribution in [1.82, 2.24) is 4.90 Å². The van der Waals surface area contributed by atoms with Crippen molar-refractivity contribution in [2.45, 2.75) is 37.3 Å². The lowest BCUT2D eigenvalue weighted by molar-refractivity contribution is -0.0623. The van der Waals surface area contributed by atoms with Crippen LogP contribution in [0.2, 0.25) is 0 Å². The van der Waals surface area contributed by atoms with Crippen LogP contribution in [-0.2, 0) is 9.47 Å². The van der Waals surface area contributed by atoms with Crippen molar-refractivity contribution < 1.29 is 32.1 Å². The van der Waals surface area contributed by atoms with E-state index in [1.807, 2.05) is 4.90 Å². The minimum Gasteiger partial charge on any atom is -0.396 e. The molecule has 4 nitrogen and oxygen atoms in total. The van der Waals surface area contributed by atoms with Gasteiger partial charge in [0.05, 0.1) is 18.8 Å². The van der Waals surface area contributed by atoms with Crippen molar-refractivity contribution in [3.8, 4) is 0 Å². The van der Waals surface area contributed by atoms with Crippen molar-refractivity contribution in [2.75, 3.05) is 19.8 Å². The first kappa shape index (κ1) is 20.3. The van der Waals surface area contributed by atoms with Crippen molar-refractivity contribution in [3.05, 3.63) is 70.8 Å². The Kier molecular flexibility index (Phi) is 5.61. The fourth-order valence-electron chi connectivity index (χ4n) is 4.05. The number of alkyl halides is 4. The Bertz CT molecular complexity index is 765. The minimum absolute atomic E-state index is 0.0721. The van der Waals surface area contributed by atoms with Gasteiger partial charge in [0.15, 0.2) is 0 Å². The first-order valence-corrected chi connectivity index (χ1v) is 9.34. The molecule has 0 aromatic heterocycles. The van der Waals surface area contributed by atoms with Gasteiger partial charge in [0.25, 0.3) is 12.9 Å². The third-order valence-corrected chi connectivity index (χ3v) is 5.60. The zero-order valence-electron chi connectivity index (χ0n) is 15.5. The highest BCUT2D eigenvalue weighted by atomic mass is 19.3. The molecule has 0 amide bonds. The molecule has 2 aliphatic rings. The van der Waals surface area contributed by atoms with Crippen molar-refractivity contribution >= 4 is 0 Å². The van der Waals surface area contributed by atoms with Crippen LogP contribution < -0.4 is 0 Å². The van der Waals surface area contributed by atoms with Gasteiger partial charge in [-0.3, -0.25) is 0 Å². The van der Waals surface area contributed by atoms with Gasteiger partial charge >= 0.3 is 0 Å². The second-order valence-electron chi connectivity index (χ2n) is 7.37. The summed E-state index contributed by atoms with van der Waals surface area (Å²) in [5.74, 6) is 0. The van der Waals surface area contributed by atoms with E-state index in [-0.39, 0.29) is 17.7 Å². The molecule has 0 spiro atoms. The lowest BCUT2D eigenvalue weighted by Gasteiger charge is -2.34. The number of benzene rings is 2. The highest BCUT2D eigenvalue weighted by molar-refractivity contribution is 5.30. The maximum Gasteiger partial charge on any atom is 0.263 e. The van der Waals surface area contributed by atoms with Gasteiger partial charge in [-0.05, 0) is 17.5 Å². The topological polar surface area (TPSA) is 41.9 Å². The van der Waals surface area contributed by atoms with E-state index in [9.17, 15) is 22.7 Å². The Labute approximate surface area is 165 Å². The Balaban J connectivity index is 1.67. The summed E-state index contributed by atoms with van der Waals surface area (Å²) < 4.78 is 63.5. The number of halogens is 4. The quantitative estimate of drug-likeness (QED) is 0.697. The SMILES string of the molecule is OCC[C@]12CO[C@H](c3ccc(C(F)F)cc3)N1[C@H](c1ccc(C(F)F)cc1)OC2. The third-order valence-electron chi connectivity index (χ3n) is 5.60. The second kappa shape index (κ2) is 8.02. The first-order valence-electron chi connectivity index (χ1n) is 9.34. The zero-order chi connectivity index (χ0) is 20.6. The van der Waals surface area contributed by atoms with Gasteiger partial charge < -0.3 is 14.6 Å². The number of ether oxygens (including phenoxy) is 2. The van der Waals surface area contributed by atoms with Crippen LogP contribution in [0.25, 0.3) is 0 Å². The lowest BCUT2D eigenvalue weighted by Crippen LogP contribution is -2.45. The molecular formula is C21H21F4NO3. The molecule has 2 heterocycles. The average Bonchev–Trinajstić information content (AvgIpc) is 3.25. The Morgan fingerprint density at radius 1 is 0.828 bits per heavy atom. The van der Waals surface area contributed by atoms with Gasteiger partial charge in [0, 0.05) is 17.7 Å². The Morgan fingerprint density at radius 3 is 1.59 bits per heavy atom. The van der Waals surface area contributed by atoms with Crippen LogP contribution >= 0.6 is 0 Å². The number of fused-ring (bicyclic) bond motifs is 1. The van der Waals surface area contributed by atoms with Gasteiger partial charge in [-0.25, -0.2) is 22.5 Å². The van der Waals surface area contributed by atoms with E-state index < -0.39 is 30.8 Å². The van der Waals surface area contributed by atoms with Crippen LogP contribution in [0.15, 0.2) is 48.5 Å². The lowest BCUT2D eigenvalue weighted by atomic mass is 9.96. The van der Waals surface area contributed by atoms with Crippen molar-refractivity contribution in [1.29, 1.82) is 0 Å². The van der Waals surface area contributed by atoms with E-state index in [0.717, 1.165) is 0 Å². The van der Waals surface area contributed by atoms with Crippen LogP contribution in [0.1, 0.15) is 54.0 Å². The number of hydrogen-bond acceptors (Lipinski definition) is 4. The molecule has 8 heteroatoms. The molecule has 0 aliphatic carbocycles. The molecule has 0 radical (unpaired) electrons. The summed E-state index contributed by atoms with van der Waals surface area (Å²) in [4.78, 5) is 1.97. The van der Waals surface area contributed by atoms with Gasteiger partial charge in [-0.1, -0.05) is 48.5 Å². The van der Waals surface area contributed by atoms with Crippen LogP contribution in [0.3, 0.4) is 0 Å². The molecule has 0 bridgehead atoms. The smallest absolute Gasteiger partial charge is 0.263 e. The van der Waals surface area contributed by atoms with Crippen LogP contribution in [-0.4, -0.2) is 35.4 Å². The van der Waals surface area contributed by atoms with E-state index in [1.165, 1.54) is 24.3 Å². The summed E-state index contributed by atoms with van der Waals surface area (Å²) in [6.45, 7) is 0.540. The fourth-order valence-corrected chi connectivity index (χ4v) is 4.05. The first-order chi connectivity index (χ1) is 13.9. The Morgan fingerprint density at radius 2 is 1.24 bits per heavy atom. The molecule has 156 valence electrons. The van der Waals surface area contributed by atoms with Gasteiger partial charge in [-0.2, -0.15) is 0 Å². The van der Waals surface area contributed by atoms with Crippen LogP contribution in [0, 0.1) is 0 Å². The van der Waals surface area contributed by atoms with E-state index >= 15 is 0 Å². The van der Waals surface area contributed by atoms with Crippen molar-refractivity contribution in [3.63, 3.8) is 0 Å². The summed E-state index contributed by atoms with van der Waals surface area (Å²) in [6, 6.07) is 11.8. The van der Waals surface area contributed by atoms with Gasteiger partial charge in [0.2, 0.25) is 0 Å². The van der Waals surface area contributed by atoms with Crippen LogP contribution in [0.4, 0.5) is 17.6 Å². The maximum atomic E-state index is 12.9. The monoisotopic (exact) mass is 411 g/mol. The molecular weight excluding hydrogens is 390 g/mol. The molecule has 4 rings (SSSR count). The van der Waals surface area contributed by atoms with Gasteiger partial charge in [0.1, 0.15) is 12.5 Å². The average molecular weight is 411 g/mol. The molecule has 0 saturated carbocycles. The summed E-state index contributed by atoms with van der Waals surface area (Å²) in [6.07, 6.45) is -5.83. The summed E-state index contributed by atoms with van der Waals surface area (Å²) >= 11 is 0. The minimum atomic E-state index is -2.56. The Hall–Kier alpha value is -2.00. The summed E-state index contributed by atoms with van der Waals surface area (Å²) in [5.41, 5.74) is 0.644. The van der Waals surface area contributed by atoms with E-state index in [0.29, 0.717) is 30.8 Å². The van der Waals surface area contributed by atoms with Crippen molar-refractivity contribution in [2.24, 2.45) is 0 Å². The molecule has 3 atom stereocenters. The highest BCUT2D eigenvalue weighted by Crippen LogP contribution is 2.50. The predicted molar refractivity (Wildman–Crippen MR) is 96.5 cm³/mol. The summed E-state index contributed by atoms with van der Waals surface area (Å²) in [7, 11) is 0. The van der Waals surface area contributed by atoms with E-state index in [2.05, 4.69) is 0 Å². The summed E-state index contributed by atoms with van der Waals surface area (Å²) in [5, 5.41) is 9.57. The number of rotatable bonds is 6. The number of nitrogens with zero attached hydrogens (tertiary/aromatic N) is 1. The number of aliphatic hydroxyl groups excluding tert-OH is 1. The molecule has 2 aliphatic heterocycles. The number of hydrogen-bond donors (Lipinski definition) is 1. The third kappa shape index (κ3) is 3.66. The fraction of sp³-hybridized carbons (Fsp3) is 0.429. The normalized spacial score (nSPS) is 27.1. The molecule has 2 fully saturated rings. The molecule has 2 aromatic carbocycles. The maximum absolute atomic E-state index is 12.9. The molecule has 0 unspecified atom stereocenters. The van der Waals surface area contributed by atoms with Crippen LogP contribution in [0.5, 0.6) is 0 Å². The molecule has 1 N–H and O–H groups in total. The molecule has 29 heavy (non-hydrogen) atoms. The van der Waals surface area contributed by atoms with E-state index in [1.54, 1.807) is 24.3 Å².